The van der Waals surface area contributed by atoms with E-state index < -0.39 is 18.6 Å². The molecule has 0 saturated carbocycles. The van der Waals surface area contributed by atoms with Crippen molar-refractivity contribution in [3.63, 3.8) is 0 Å². The molecular formula is C9H12F3N3O2S. The fourth-order valence-corrected chi connectivity index (χ4v) is 2.01. The minimum Gasteiger partial charge on any atom is -0.481 e. The first kappa shape index (κ1) is 14.8. The molecule has 0 saturated heterocycles. The summed E-state index contributed by atoms with van der Waals surface area (Å²) in [6.07, 6.45) is -4.90. The van der Waals surface area contributed by atoms with E-state index in [4.69, 9.17) is 5.11 Å². The highest BCUT2D eigenvalue weighted by Crippen LogP contribution is 2.23. The average Bonchev–Trinajstić information content (AvgIpc) is 2.57. The summed E-state index contributed by atoms with van der Waals surface area (Å²) in [6, 6.07) is 0. The molecule has 1 aromatic rings. The Balaban J connectivity index is 2.88. The van der Waals surface area contributed by atoms with Crippen molar-refractivity contribution < 1.29 is 23.1 Å². The van der Waals surface area contributed by atoms with Crippen LogP contribution in [0.25, 0.3) is 0 Å². The number of carboxylic acid groups (broad SMARTS) is 1. The zero-order chi connectivity index (χ0) is 13.8. The van der Waals surface area contributed by atoms with Crippen molar-refractivity contribution in [3.05, 3.63) is 5.82 Å². The van der Waals surface area contributed by atoms with Gasteiger partial charge in [-0.2, -0.15) is 13.2 Å². The standard InChI is InChI=1S/C9H12F3N3O2S/c1-2-3-15-6(4-9(10,11)12)13-14-8(15)18-5-7(16)17/h2-5H2,1H3,(H,16,17). The van der Waals surface area contributed by atoms with Gasteiger partial charge in [0.2, 0.25) is 0 Å². The summed E-state index contributed by atoms with van der Waals surface area (Å²) in [5, 5.41) is 15.8. The first-order valence-electron chi connectivity index (χ1n) is 5.17. The van der Waals surface area contributed by atoms with Crippen molar-refractivity contribution in [1.29, 1.82) is 0 Å². The van der Waals surface area contributed by atoms with Crippen LogP contribution in [0.3, 0.4) is 0 Å². The van der Waals surface area contributed by atoms with Crippen molar-refractivity contribution in [3.8, 4) is 0 Å². The maximum atomic E-state index is 12.3. The summed E-state index contributed by atoms with van der Waals surface area (Å²) in [4.78, 5) is 10.4. The van der Waals surface area contributed by atoms with E-state index in [1.54, 1.807) is 0 Å². The van der Waals surface area contributed by atoms with Crippen molar-refractivity contribution in [2.45, 2.75) is 37.6 Å². The summed E-state index contributed by atoms with van der Waals surface area (Å²) in [7, 11) is 0. The predicted octanol–water partition coefficient (Wildman–Crippen LogP) is 1.97. The topological polar surface area (TPSA) is 68.0 Å². The molecule has 1 N–H and O–H groups in total. The van der Waals surface area contributed by atoms with Crippen LogP contribution in [0, 0.1) is 0 Å². The van der Waals surface area contributed by atoms with E-state index in [-0.39, 0.29) is 16.7 Å². The van der Waals surface area contributed by atoms with Crippen LogP contribution >= 0.6 is 11.8 Å². The molecule has 0 aliphatic heterocycles. The molecular weight excluding hydrogens is 271 g/mol. The number of thioether (sulfide) groups is 1. The van der Waals surface area contributed by atoms with Crippen LogP contribution in [0.4, 0.5) is 13.2 Å². The number of hydrogen-bond acceptors (Lipinski definition) is 4. The van der Waals surface area contributed by atoms with E-state index in [0.717, 1.165) is 11.8 Å². The Morgan fingerprint density at radius 1 is 1.44 bits per heavy atom. The molecule has 0 aromatic carbocycles. The van der Waals surface area contributed by atoms with E-state index >= 15 is 0 Å². The molecule has 102 valence electrons. The van der Waals surface area contributed by atoms with Gasteiger partial charge in [-0.25, -0.2) is 0 Å². The van der Waals surface area contributed by atoms with Crippen LogP contribution in [0.1, 0.15) is 19.2 Å². The summed E-state index contributed by atoms with van der Waals surface area (Å²) in [6.45, 7) is 2.14. The highest BCUT2D eigenvalue weighted by molar-refractivity contribution is 7.99. The monoisotopic (exact) mass is 283 g/mol. The molecule has 0 aliphatic carbocycles. The van der Waals surface area contributed by atoms with Gasteiger partial charge < -0.3 is 9.67 Å². The molecule has 1 heterocycles. The molecule has 1 rings (SSSR count). The van der Waals surface area contributed by atoms with Crippen molar-refractivity contribution >= 4 is 17.7 Å². The molecule has 0 aliphatic rings. The number of carboxylic acids is 1. The summed E-state index contributed by atoms with van der Waals surface area (Å²) >= 11 is 0.864. The van der Waals surface area contributed by atoms with Gasteiger partial charge in [-0.3, -0.25) is 4.79 Å². The van der Waals surface area contributed by atoms with Gasteiger partial charge in [0.1, 0.15) is 12.2 Å². The van der Waals surface area contributed by atoms with E-state index in [1.807, 2.05) is 6.92 Å². The maximum Gasteiger partial charge on any atom is 0.396 e. The summed E-state index contributed by atoms with van der Waals surface area (Å²) in [5.41, 5.74) is 0. The largest absolute Gasteiger partial charge is 0.481 e. The number of halogens is 3. The summed E-state index contributed by atoms with van der Waals surface area (Å²) in [5.74, 6) is -1.49. The predicted molar refractivity (Wildman–Crippen MR) is 58.4 cm³/mol. The van der Waals surface area contributed by atoms with E-state index in [1.165, 1.54) is 4.57 Å². The van der Waals surface area contributed by atoms with Gasteiger partial charge in [0.15, 0.2) is 5.16 Å². The van der Waals surface area contributed by atoms with E-state index in [2.05, 4.69) is 10.2 Å². The Morgan fingerprint density at radius 2 is 2.11 bits per heavy atom. The number of nitrogens with zero attached hydrogens (tertiary/aromatic N) is 3. The second-order valence-electron chi connectivity index (χ2n) is 3.52. The Labute approximate surface area is 105 Å². The van der Waals surface area contributed by atoms with Crippen molar-refractivity contribution in [2.24, 2.45) is 0 Å². The number of aromatic nitrogens is 3. The highest BCUT2D eigenvalue weighted by atomic mass is 32.2. The fourth-order valence-electron chi connectivity index (χ4n) is 1.31. The number of aliphatic carboxylic acids is 1. The lowest BCUT2D eigenvalue weighted by Crippen LogP contribution is -2.17. The Kier molecular flexibility index (Phi) is 5.00. The Morgan fingerprint density at radius 3 is 2.61 bits per heavy atom. The Hall–Kier alpha value is -1.25. The molecule has 0 spiro atoms. The lowest BCUT2D eigenvalue weighted by atomic mass is 10.4. The molecule has 0 radical (unpaired) electrons. The molecule has 0 unspecified atom stereocenters. The normalized spacial score (nSPS) is 11.8. The quantitative estimate of drug-likeness (QED) is 0.808. The number of carbonyl (C=O) groups is 1. The highest BCUT2D eigenvalue weighted by Gasteiger charge is 2.31. The van der Waals surface area contributed by atoms with Gasteiger partial charge in [-0.05, 0) is 6.42 Å². The Bertz CT molecular complexity index is 420. The third kappa shape index (κ3) is 4.55. The smallest absolute Gasteiger partial charge is 0.396 e. The zero-order valence-corrected chi connectivity index (χ0v) is 10.4. The molecule has 0 amide bonds. The van der Waals surface area contributed by atoms with Gasteiger partial charge in [0.25, 0.3) is 0 Å². The first-order valence-corrected chi connectivity index (χ1v) is 6.15. The third-order valence-corrected chi connectivity index (χ3v) is 2.88. The molecule has 1 aromatic heterocycles. The van der Waals surface area contributed by atoms with Gasteiger partial charge in [-0.1, -0.05) is 18.7 Å². The van der Waals surface area contributed by atoms with Gasteiger partial charge in [0.05, 0.1) is 5.75 Å². The van der Waals surface area contributed by atoms with Crippen LogP contribution in [0.15, 0.2) is 5.16 Å². The van der Waals surface area contributed by atoms with Crippen LogP contribution in [-0.2, 0) is 17.8 Å². The van der Waals surface area contributed by atoms with Crippen LogP contribution < -0.4 is 0 Å². The number of rotatable bonds is 6. The van der Waals surface area contributed by atoms with Crippen LogP contribution in [0.2, 0.25) is 0 Å². The SMILES string of the molecule is CCCn1c(CC(F)(F)F)nnc1SCC(=O)O. The van der Waals surface area contributed by atoms with Gasteiger partial charge in [0, 0.05) is 6.54 Å². The van der Waals surface area contributed by atoms with Crippen LogP contribution in [-0.4, -0.2) is 37.8 Å². The molecule has 0 bridgehead atoms. The maximum absolute atomic E-state index is 12.3. The molecule has 9 heteroatoms. The first-order chi connectivity index (χ1) is 8.33. The van der Waals surface area contributed by atoms with Gasteiger partial charge in [-0.15, -0.1) is 10.2 Å². The minimum absolute atomic E-state index is 0.183. The van der Waals surface area contributed by atoms with E-state index in [0.29, 0.717) is 13.0 Å². The third-order valence-electron chi connectivity index (χ3n) is 1.92. The van der Waals surface area contributed by atoms with E-state index in [9.17, 15) is 18.0 Å². The minimum atomic E-state index is -4.35. The molecule has 18 heavy (non-hydrogen) atoms. The molecule has 0 atom stereocenters. The van der Waals surface area contributed by atoms with Gasteiger partial charge >= 0.3 is 12.1 Å². The fraction of sp³-hybridized carbons (Fsp3) is 0.667. The molecule has 0 fully saturated rings. The van der Waals surface area contributed by atoms with Crippen molar-refractivity contribution in [2.75, 3.05) is 5.75 Å². The second-order valence-corrected chi connectivity index (χ2v) is 4.47. The second kappa shape index (κ2) is 6.07. The summed E-state index contributed by atoms with van der Waals surface area (Å²) < 4.78 is 38.2. The van der Waals surface area contributed by atoms with Crippen LogP contribution in [0.5, 0.6) is 0 Å². The number of hydrogen-bond donors (Lipinski definition) is 1. The lowest BCUT2D eigenvalue weighted by molar-refractivity contribution is -0.134. The molecule has 5 nitrogen and oxygen atoms in total. The number of alkyl halides is 3. The van der Waals surface area contributed by atoms with Crippen molar-refractivity contribution in [1.82, 2.24) is 14.8 Å². The zero-order valence-electron chi connectivity index (χ0n) is 9.57. The average molecular weight is 283 g/mol. The lowest BCUT2D eigenvalue weighted by Gasteiger charge is -2.09.